The highest BCUT2D eigenvalue weighted by atomic mass is 15.2. The van der Waals surface area contributed by atoms with Crippen LogP contribution in [0.4, 0.5) is 5.69 Å². The number of nitrogens with zero attached hydrogens (tertiary/aromatic N) is 2. The standard InChI is InChI=1S/C17H22N2/c1-13(2)19-10-4-5-15-14(11-18-12-16(15)19)6-7-17(3)8-9-17/h11-13H,4-5,8-10H2,1-3H3. The van der Waals surface area contributed by atoms with E-state index >= 15 is 0 Å². The van der Waals surface area contributed by atoms with Gasteiger partial charge in [-0.25, -0.2) is 0 Å². The van der Waals surface area contributed by atoms with Crippen LogP contribution >= 0.6 is 0 Å². The summed E-state index contributed by atoms with van der Waals surface area (Å²) in [6.45, 7) is 7.89. The molecule has 1 aliphatic carbocycles. The van der Waals surface area contributed by atoms with E-state index in [1.54, 1.807) is 0 Å². The second-order valence-electron chi connectivity index (χ2n) is 6.39. The summed E-state index contributed by atoms with van der Waals surface area (Å²) in [5, 5.41) is 0. The van der Waals surface area contributed by atoms with Crippen molar-refractivity contribution >= 4 is 5.69 Å². The lowest BCUT2D eigenvalue weighted by Crippen LogP contribution is -2.35. The summed E-state index contributed by atoms with van der Waals surface area (Å²) in [7, 11) is 0. The lowest BCUT2D eigenvalue weighted by molar-refractivity contribution is 0.623. The fourth-order valence-corrected chi connectivity index (χ4v) is 2.71. The van der Waals surface area contributed by atoms with Crippen LogP contribution in [-0.4, -0.2) is 17.6 Å². The number of rotatable bonds is 1. The average Bonchev–Trinajstić information content (AvgIpc) is 3.14. The summed E-state index contributed by atoms with van der Waals surface area (Å²) in [4.78, 5) is 6.86. The van der Waals surface area contributed by atoms with E-state index in [-0.39, 0.29) is 5.41 Å². The van der Waals surface area contributed by atoms with E-state index in [1.807, 2.05) is 12.4 Å². The van der Waals surface area contributed by atoms with Crippen molar-refractivity contribution in [1.82, 2.24) is 4.98 Å². The SMILES string of the molecule is CC(C)N1CCCc2c(C#CC3(C)CC3)cncc21. The Balaban J connectivity index is 1.98. The lowest BCUT2D eigenvalue weighted by Gasteiger charge is -2.34. The van der Waals surface area contributed by atoms with Gasteiger partial charge in [-0.1, -0.05) is 11.8 Å². The molecular weight excluding hydrogens is 232 g/mol. The highest BCUT2D eigenvalue weighted by Crippen LogP contribution is 2.44. The van der Waals surface area contributed by atoms with E-state index in [9.17, 15) is 0 Å². The van der Waals surface area contributed by atoms with Crippen LogP contribution in [0.1, 0.15) is 51.2 Å². The third kappa shape index (κ3) is 2.47. The van der Waals surface area contributed by atoms with Gasteiger partial charge in [0, 0.05) is 29.8 Å². The first-order valence-corrected chi connectivity index (χ1v) is 7.36. The third-order valence-corrected chi connectivity index (χ3v) is 4.29. The van der Waals surface area contributed by atoms with Gasteiger partial charge in [0.05, 0.1) is 11.9 Å². The monoisotopic (exact) mass is 254 g/mol. The van der Waals surface area contributed by atoms with Crippen molar-refractivity contribution in [2.75, 3.05) is 11.4 Å². The topological polar surface area (TPSA) is 16.1 Å². The minimum absolute atomic E-state index is 0.287. The van der Waals surface area contributed by atoms with Crippen molar-refractivity contribution in [2.24, 2.45) is 5.41 Å². The maximum atomic E-state index is 4.41. The summed E-state index contributed by atoms with van der Waals surface area (Å²) >= 11 is 0. The molecule has 0 radical (unpaired) electrons. The smallest absolute Gasteiger partial charge is 0.0600 e. The maximum absolute atomic E-state index is 4.41. The van der Waals surface area contributed by atoms with Gasteiger partial charge in [0.2, 0.25) is 0 Å². The van der Waals surface area contributed by atoms with Gasteiger partial charge in [0.1, 0.15) is 0 Å². The summed E-state index contributed by atoms with van der Waals surface area (Å²) in [6.07, 6.45) is 8.82. The van der Waals surface area contributed by atoms with Crippen molar-refractivity contribution < 1.29 is 0 Å². The minimum atomic E-state index is 0.287. The van der Waals surface area contributed by atoms with Crippen molar-refractivity contribution in [2.45, 2.75) is 52.5 Å². The van der Waals surface area contributed by atoms with Crippen LogP contribution in [-0.2, 0) is 6.42 Å². The van der Waals surface area contributed by atoms with Crippen molar-refractivity contribution in [3.05, 3.63) is 23.5 Å². The highest BCUT2D eigenvalue weighted by molar-refractivity contribution is 5.61. The zero-order valence-electron chi connectivity index (χ0n) is 12.2. The molecule has 1 saturated carbocycles. The summed E-state index contributed by atoms with van der Waals surface area (Å²) < 4.78 is 0. The normalized spacial score (nSPS) is 19.7. The average molecular weight is 254 g/mol. The van der Waals surface area contributed by atoms with Gasteiger partial charge in [0.15, 0.2) is 0 Å². The van der Waals surface area contributed by atoms with Gasteiger partial charge in [-0.2, -0.15) is 0 Å². The number of pyridine rings is 1. The first-order chi connectivity index (χ1) is 9.09. The Morgan fingerprint density at radius 2 is 2.11 bits per heavy atom. The number of hydrogen-bond donors (Lipinski definition) is 0. The second kappa shape index (κ2) is 4.56. The van der Waals surface area contributed by atoms with Gasteiger partial charge in [-0.3, -0.25) is 4.98 Å². The molecule has 2 nitrogen and oxygen atoms in total. The molecule has 0 amide bonds. The van der Waals surface area contributed by atoms with Crippen LogP contribution in [0.15, 0.2) is 12.4 Å². The van der Waals surface area contributed by atoms with Crippen molar-refractivity contribution in [3.63, 3.8) is 0 Å². The molecular formula is C17H22N2. The van der Waals surface area contributed by atoms with Gasteiger partial charge in [-0.05, 0) is 52.0 Å². The fraction of sp³-hybridized carbons (Fsp3) is 0.588. The molecule has 0 N–H and O–H groups in total. The first-order valence-electron chi connectivity index (χ1n) is 7.36. The number of anilines is 1. The third-order valence-electron chi connectivity index (χ3n) is 4.29. The summed E-state index contributed by atoms with van der Waals surface area (Å²) in [5.41, 5.74) is 4.14. The molecule has 1 fully saturated rings. The van der Waals surface area contributed by atoms with Crippen LogP contribution < -0.4 is 4.90 Å². The Bertz CT molecular complexity index is 544. The first kappa shape index (κ1) is 12.5. The van der Waals surface area contributed by atoms with Crippen LogP contribution in [0.5, 0.6) is 0 Å². The largest absolute Gasteiger partial charge is 0.368 e. The molecule has 1 aromatic rings. The van der Waals surface area contributed by atoms with E-state index in [4.69, 9.17) is 0 Å². The molecule has 2 heterocycles. The molecule has 0 aromatic carbocycles. The molecule has 100 valence electrons. The summed E-state index contributed by atoms with van der Waals surface area (Å²) in [6, 6.07) is 0.532. The van der Waals surface area contributed by atoms with E-state index < -0.39 is 0 Å². The van der Waals surface area contributed by atoms with E-state index in [0.29, 0.717) is 6.04 Å². The molecule has 0 atom stereocenters. The molecule has 0 spiro atoms. The predicted octanol–water partition coefficient (Wildman–Crippen LogP) is 3.39. The number of fused-ring (bicyclic) bond motifs is 1. The molecule has 1 aromatic heterocycles. The van der Waals surface area contributed by atoms with Crippen LogP contribution in [0.3, 0.4) is 0 Å². The van der Waals surface area contributed by atoms with Gasteiger partial charge in [-0.15, -0.1) is 0 Å². The number of hydrogen-bond acceptors (Lipinski definition) is 2. The Morgan fingerprint density at radius 3 is 2.79 bits per heavy atom. The quantitative estimate of drug-likeness (QED) is 0.714. The molecule has 19 heavy (non-hydrogen) atoms. The summed E-state index contributed by atoms with van der Waals surface area (Å²) in [5.74, 6) is 6.83. The minimum Gasteiger partial charge on any atom is -0.368 e. The van der Waals surface area contributed by atoms with Gasteiger partial charge in [0.25, 0.3) is 0 Å². The Morgan fingerprint density at radius 1 is 1.32 bits per heavy atom. The Kier molecular flexibility index (Phi) is 3.01. The molecule has 0 bridgehead atoms. The lowest BCUT2D eigenvalue weighted by atomic mass is 9.97. The van der Waals surface area contributed by atoms with Gasteiger partial charge < -0.3 is 4.90 Å². The zero-order valence-corrected chi connectivity index (χ0v) is 12.2. The predicted molar refractivity (Wildman–Crippen MR) is 79.3 cm³/mol. The molecule has 2 heteroatoms. The van der Waals surface area contributed by atoms with Crippen LogP contribution in [0.2, 0.25) is 0 Å². The zero-order chi connectivity index (χ0) is 13.5. The molecule has 1 aliphatic heterocycles. The van der Waals surface area contributed by atoms with E-state index in [1.165, 1.54) is 30.5 Å². The Labute approximate surface area is 116 Å². The number of aromatic nitrogens is 1. The van der Waals surface area contributed by atoms with E-state index in [2.05, 4.69) is 42.5 Å². The highest BCUT2D eigenvalue weighted by Gasteiger charge is 2.35. The Hall–Kier alpha value is -1.49. The van der Waals surface area contributed by atoms with Gasteiger partial charge >= 0.3 is 0 Å². The molecule has 2 aliphatic rings. The van der Waals surface area contributed by atoms with E-state index in [0.717, 1.165) is 18.5 Å². The van der Waals surface area contributed by atoms with Crippen molar-refractivity contribution in [3.8, 4) is 11.8 Å². The molecule has 3 rings (SSSR count). The van der Waals surface area contributed by atoms with Crippen LogP contribution in [0.25, 0.3) is 0 Å². The van der Waals surface area contributed by atoms with Crippen molar-refractivity contribution in [1.29, 1.82) is 0 Å². The molecule has 0 unspecified atom stereocenters. The fourth-order valence-electron chi connectivity index (χ4n) is 2.71. The maximum Gasteiger partial charge on any atom is 0.0600 e. The van der Waals surface area contributed by atoms with Crippen LogP contribution in [0, 0.1) is 17.3 Å². The second-order valence-corrected chi connectivity index (χ2v) is 6.39. The molecule has 0 saturated heterocycles.